The summed E-state index contributed by atoms with van der Waals surface area (Å²) in [6, 6.07) is 12.1. The van der Waals surface area contributed by atoms with Gasteiger partial charge in [0.25, 0.3) is 5.91 Å². The van der Waals surface area contributed by atoms with Crippen molar-refractivity contribution in [3.05, 3.63) is 48.0 Å². The van der Waals surface area contributed by atoms with Crippen molar-refractivity contribution in [2.24, 2.45) is 0 Å². The summed E-state index contributed by atoms with van der Waals surface area (Å²) in [6.07, 6.45) is 1.98. The van der Waals surface area contributed by atoms with Crippen LogP contribution in [0, 0.1) is 6.92 Å². The molecule has 0 aromatic heterocycles. The fourth-order valence-corrected chi connectivity index (χ4v) is 5.34. The molecule has 0 bridgehead atoms. The van der Waals surface area contributed by atoms with Gasteiger partial charge in [0, 0.05) is 18.8 Å². The van der Waals surface area contributed by atoms with Crippen molar-refractivity contribution < 1.29 is 22.7 Å². The van der Waals surface area contributed by atoms with Gasteiger partial charge in [-0.3, -0.25) is 4.79 Å². The summed E-state index contributed by atoms with van der Waals surface area (Å²) in [5.74, 6) is 0.725. The number of piperidine rings is 1. The molecule has 2 aromatic rings. The second-order valence-electron chi connectivity index (χ2n) is 7.30. The number of sulfonamides is 1. The zero-order valence-electron chi connectivity index (χ0n) is 16.3. The van der Waals surface area contributed by atoms with Gasteiger partial charge in [-0.25, -0.2) is 8.42 Å². The molecule has 8 heteroatoms. The summed E-state index contributed by atoms with van der Waals surface area (Å²) in [5.41, 5.74) is 1.07. The molecule has 154 valence electrons. The molecule has 0 saturated carbocycles. The Hall–Kier alpha value is -2.58. The maximum absolute atomic E-state index is 13.1. The van der Waals surface area contributed by atoms with E-state index in [4.69, 9.17) is 9.47 Å². The molecule has 0 aliphatic carbocycles. The second-order valence-corrected chi connectivity index (χ2v) is 9.20. The number of benzene rings is 2. The first-order valence-electron chi connectivity index (χ1n) is 9.75. The smallest absolute Gasteiger partial charge is 0.269 e. The topological polar surface area (TPSA) is 84.9 Å². The van der Waals surface area contributed by atoms with Crippen LogP contribution in [0.4, 0.5) is 5.69 Å². The highest BCUT2D eigenvalue weighted by atomic mass is 32.2. The van der Waals surface area contributed by atoms with Crippen molar-refractivity contribution >= 4 is 21.6 Å². The molecule has 4 rings (SSSR count). The van der Waals surface area contributed by atoms with E-state index in [2.05, 4.69) is 5.32 Å². The average molecular weight is 416 g/mol. The summed E-state index contributed by atoms with van der Waals surface area (Å²) in [6.45, 7) is 2.92. The molecule has 7 nitrogen and oxygen atoms in total. The molecule has 0 spiro atoms. The number of anilines is 1. The predicted molar refractivity (Wildman–Crippen MR) is 109 cm³/mol. The van der Waals surface area contributed by atoms with Gasteiger partial charge in [0.1, 0.15) is 6.61 Å². The molecule has 2 aliphatic heterocycles. The Morgan fingerprint density at radius 1 is 1.07 bits per heavy atom. The Morgan fingerprint density at radius 2 is 1.79 bits per heavy atom. The molecule has 2 heterocycles. The Bertz CT molecular complexity index is 1020. The summed E-state index contributed by atoms with van der Waals surface area (Å²) in [4.78, 5) is 12.9. The number of amides is 1. The Morgan fingerprint density at radius 3 is 2.55 bits per heavy atom. The van der Waals surface area contributed by atoms with Crippen molar-refractivity contribution in [1.82, 2.24) is 4.31 Å². The van der Waals surface area contributed by atoms with E-state index in [0.29, 0.717) is 35.8 Å². The van der Waals surface area contributed by atoms with Crippen molar-refractivity contribution in [1.29, 1.82) is 0 Å². The Kier molecular flexibility index (Phi) is 5.47. The van der Waals surface area contributed by atoms with Crippen LogP contribution in [0.2, 0.25) is 0 Å². The van der Waals surface area contributed by atoms with Crippen molar-refractivity contribution in [2.75, 3.05) is 25.0 Å². The van der Waals surface area contributed by atoms with E-state index in [9.17, 15) is 13.2 Å². The van der Waals surface area contributed by atoms with Gasteiger partial charge < -0.3 is 14.8 Å². The fourth-order valence-electron chi connectivity index (χ4n) is 3.57. The van der Waals surface area contributed by atoms with Gasteiger partial charge in [-0.2, -0.15) is 4.31 Å². The van der Waals surface area contributed by atoms with E-state index in [1.807, 2.05) is 6.07 Å². The molecule has 1 saturated heterocycles. The van der Waals surface area contributed by atoms with Gasteiger partial charge in [-0.05, 0) is 49.6 Å². The molecule has 1 fully saturated rings. The van der Waals surface area contributed by atoms with Crippen LogP contribution in [-0.2, 0) is 14.8 Å². The maximum atomic E-state index is 13.1. The summed E-state index contributed by atoms with van der Waals surface area (Å²) >= 11 is 0. The lowest BCUT2D eigenvalue weighted by molar-refractivity contribution is -0.125. The SMILES string of the molecule is Cc1ccc(NC(=O)[C@H]2COc3ccccc3O2)cc1S(=O)(=O)N1CCCCC1. The molecule has 1 amide bonds. The lowest BCUT2D eigenvalue weighted by atomic mass is 10.2. The van der Waals surface area contributed by atoms with Crippen LogP contribution in [0.3, 0.4) is 0 Å². The third-order valence-corrected chi connectivity index (χ3v) is 7.23. The van der Waals surface area contributed by atoms with E-state index in [0.717, 1.165) is 19.3 Å². The van der Waals surface area contributed by atoms with Crippen LogP contribution < -0.4 is 14.8 Å². The monoisotopic (exact) mass is 416 g/mol. The van der Waals surface area contributed by atoms with Gasteiger partial charge in [0.15, 0.2) is 11.5 Å². The Labute approximate surface area is 170 Å². The van der Waals surface area contributed by atoms with E-state index in [1.54, 1.807) is 37.3 Å². The molecular weight excluding hydrogens is 392 g/mol. The highest BCUT2D eigenvalue weighted by Crippen LogP contribution is 2.31. The molecular formula is C21H24N2O5S. The van der Waals surface area contributed by atoms with E-state index in [1.165, 1.54) is 10.4 Å². The zero-order valence-corrected chi connectivity index (χ0v) is 17.1. The minimum absolute atomic E-state index is 0.0909. The third kappa shape index (κ3) is 4.09. The van der Waals surface area contributed by atoms with Crippen LogP contribution in [0.1, 0.15) is 24.8 Å². The normalized spacial score (nSPS) is 19.6. The number of carbonyl (C=O) groups is 1. The molecule has 0 unspecified atom stereocenters. The second kappa shape index (κ2) is 8.04. The summed E-state index contributed by atoms with van der Waals surface area (Å²) in [5, 5.41) is 2.76. The van der Waals surface area contributed by atoms with Crippen molar-refractivity contribution in [3.8, 4) is 11.5 Å². The van der Waals surface area contributed by atoms with Gasteiger partial charge in [-0.15, -0.1) is 0 Å². The number of aryl methyl sites for hydroxylation is 1. The van der Waals surface area contributed by atoms with Crippen LogP contribution in [0.5, 0.6) is 11.5 Å². The van der Waals surface area contributed by atoms with E-state index in [-0.39, 0.29) is 17.4 Å². The number of hydrogen-bond donors (Lipinski definition) is 1. The first kappa shape index (κ1) is 19.7. The molecule has 2 aliphatic rings. The first-order valence-corrected chi connectivity index (χ1v) is 11.2. The van der Waals surface area contributed by atoms with Crippen LogP contribution in [0.15, 0.2) is 47.4 Å². The highest BCUT2D eigenvalue weighted by Gasteiger charge is 2.30. The third-order valence-electron chi connectivity index (χ3n) is 5.19. The number of nitrogens with one attached hydrogen (secondary N) is 1. The first-order chi connectivity index (χ1) is 13.9. The molecule has 1 atom stereocenters. The predicted octanol–water partition coefficient (Wildman–Crippen LogP) is 2.95. The van der Waals surface area contributed by atoms with Crippen molar-refractivity contribution in [3.63, 3.8) is 0 Å². The quantitative estimate of drug-likeness (QED) is 0.828. The minimum Gasteiger partial charge on any atom is -0.485 e. The van der Waals surface area contributed by atoms with E-state index < -0.39 is 16.1 Å². The number of ether oxygens (including phenoxy) is 2. The van der Waals surface area contributed by atoms with Gasteiger partial charge in [-0.1, -0.05) is 24.6 Å². The fraction of sp³-hybridized carbons (Fsp3) is 0.381. The number of para-hydroxylation sites is 2. The summed E-state index contributed by atoms with van der Waals surface area (Å²) < 4.78 is 38.9. The standard InChI is InChI=1S/C21H24N2O5S/c1-15-9-10-16(13-20(15)29(25,26)23-11-5-2-6-12-23)22-21(24)19-14-27-17-7-3-4-8-18(17)28-19/h3-4,7-10,13,19H,2,5-6,11-12,14H2,1H3,(H,22,24)/t19-/m1/s1. The number of rotatable bonds is 4. The molecule has 1 N–H and O–H groups in total. The van der Waals surface area contributed by atoms with Crippen LogP contribution >= 0.6 is 0 Å². The number of hydrogen-bond acceptors (Lipinski definition) is 5. The highest BCUT2D eigenvalue weighted by molar-refractivity contribution is 7.89. The lowest BCUT2D eigenvalue weighted by Gasteiger charge is -2.27. The number of fused-ring (bicyclic) bond motifs is 1. The van der Waals surface area contributed by atoms with Gasteiger partial charge in [0.05, 0.1) is 4.90 Å². The Balaban J connectivity index is 1.51. The molecule has 29 heavy (non-hydrogen) atoms. The van der Waals surface area contributed by atoms with Gasteiger partial charge >= 0.3 is 0 Å². The number of nitrogens with zero attached hydrogens (tertiary/aromatic N) is 1. The van der Waals surface area contributed by atoms with E-state index >= 15 is 0 Å². The maximum Gasteiger partial charge on any atom is 0.269 e. The largest absolute Gasteiger partial charge is 0.485 e. The lowest BCUT2D eigenvalue weighted by Crippen LogP contribution is -2.40. The molecule has 0 radical (unpaired) electrons. The summed E-state index contributed by atoms with van der Waals surface area (Å²) in [7, 11) is -3.59. The average Bonchev–Trinajstić information content (AvgIpc) is 2.75. The number of carbonyl (C=O) groups excluding carboxylic acids is 1. The van der Waals surface area contributed by atoms with Crippen LogP contribution in [-0.4, -0.2) is 44.4 Å². The van der Waals surface area contributed by atoms with Crippen LogP contribution in [0.25, 0.3) is 0 Å². The van der Waals surface area contributed by atoms with Crippen molar-refractivity contribution in [2.45, 2.75) is 37.2 Å². The molecule has 2 aromatic carbocycles. The zero-order chi connectivity index (χ0) is 20.4. The minimum atomic E-state index is -3.59. The van der Waals surface area contributed by atoms with Gasteiger partial charge in [0.2, 0.25) is 16.1 Å².